The lowest BCUT2D eigenvalue weighted by molar-refractivity contribution is -0.0314. The summed E-state index contributed by atoms with van der Waals surface area (Å²) in [6.07, 6.45) is 2.96. The van der Waals surface area contributed by atoms with Crippen LogP contribution in [0.4, 0.5) is 0 Å². The molecule has 0 unspecified atom stereocenters. The second-order valence-corrected chi connectivity index (χ2v) is 5.74. The Morgan fingerprint density at radius 3 is 2.75 bits per heavy atom. The predicted molar refractivity (Wildman–Crippen MR) is 69.7 cm³/mol. The van der Waals surface area contributed by atoms with E-state index in [1.54, 1.807) is 0 Å². The Morgan fingerprint density at radius 1 is 1.44 bits per heavy atom. The highest BCUT2D eigenvalue weighted by molar-refractivity contribution is 9.10. The lowest BCUT2D eigenvalue weighted by atomic mass is 9.80. The summed E-state index contributed by atoms with van der Waals surface area (Å²) >= 11 is 9.47. The van der Waals surface area contributed by atoms with Crippen LogP contribution in [0.25, 0.3) is 0 Å². The first kappa shape index (κ1) is 12.4. The Bertz CT molecular complexity index is 379. The van der Waals surface area contributed by atoms with Crippen molar-refractivity contribution < 1.29 is 5.11 Å². The Hall–Kier alpha value is -0.0900. The molecule has 0 bridgehead atoms. The lowest BCUT2D eigenvalue weighted by Crippen LogP contribution is -2.45. The van der Waals surface area contributed by atoms with Crippen LogP contribution >= 0.6 is 27.5 Å². The molecule has 0 saturated heterocycles. The van der Waals surface area contributed by atoms with Gasteiger partial charge in [0.15, 0.2) is 0 Å². The molecular formula is C12H15BrClNO. The van der Waals surface area contributed by atoms with Gasteiger partial charge in [0.1, 0.15) is 0 Å². The molecule has 1 saturated carbocycles. The van der Waals surface area contributed by atoms with Crippen molar-refractivity contribution in [3.63, 3.8) is 0 Å². The number of nitrogens with one attached hydrogen (secondary N) is 1. The third-order valence-corrected chi connectivity index (χ3v) is 3.91. The zero-order valence-corrected chi connectivity index (χ0v) is 11.3. The summed E-state index contributed by atoms with van der Waals surface area (Å²) in [6.45, 7) is 1.35. The highest BCUT2D eigenvalue weighted by atomic mass is 79.9. The molecule has 0 aromatic heterocycles. The van der Waals surface area contributed by atoms with Crippen molar-refractivity contribution in [1.82, 2.24) is 5.32 Å². The average Bonchev–Trinajstić information content (AvgIpc) is 2.19. The number of aliphatic hydroxyl groups is 1. The Labute approximate surface area is 109 Å². The fraction of sp³-hybridized carbons (Fsp3) is 0.500. The fourth-order valence-electron chi connectivity index (χ4n) is 1.86. The normalized spacial score (nSPS) is 18.2. The van der Waals surface area contributed by atoms with Gasteiger partial charge in [-0.2, -0.15) is 0 Å². The van der Waals surface area contributed by atoms with Crippen molar-refractivity contribution >= 4 is 27.5 Å². The number of hydrogen-bond acceptors (Lipinski definition) is 2. The van der Waals surface area contributed by atoms with E-state index in [9.17, 15) is 5.11 Å². The molecular weight excluding hydrogens is 289 g/mol. The molecule has 0 spiro atoms. The van der Waals surface area contributed by atoms with Crippen LogP contribution in [0.2, 0.25) is 5.02 Å². The first-order valence-electron chi connectivity index (χ1n) is 5.46. The second kappa shape index (κ2) is 5.05. The number of rotatable bonds is 4. The summed E-state index contributed by atoms with van der Waals surface area (Å²) in [6, 6.07) is 5.85. The van der Waals surface area contributed by atoms with Crippen LogP contribution < -0.4 is 5.32 Å². The van der Waals surface area contributed by atoms with E-state index in [0.717, 1.165) is 34.3 Å². The molecule has 0 radical (unpaired) electrons. The Balaban J connectivity index is 1.85. The molecule has 0 heterocycles. The van der Waals surface area contributed by atoms with E-state index in [1.807, 2.05) is 18.2 Å². The van der Waals surface area contributed by atoms with E-state index >= 15 is 0 Å². The summed E-state index contributed by atoms with van der Waals surface area (Å²) in [4.78, 5) is 0. The van der Waals surface area contributed by atoms with Crippen molar-refractivity contribution in [1.29, 1.82) is 0 Å². The lowest BCUT2D eigenvalue weighted by Gasteiger charge is -2.36. The average molecular weight is 305 g/mol. The maximum absolute atomic E-state index is 9.90. The van der Waals surface area contributed by atoms with E-state index in [1.165, 1.54) is 0 Å². The SMILES string of the molecule is OC1(CNCc2ccc(Br)cc2Cl)CCC1. The van der Waals surface area contributed by atoms with Crippen molar-refractivity contribution in [2.24, 2.45) is 0 Å². The van der Waals surface area contributed by atoms with Gasteiger partial charge >= 0.3 is 0 Å². The summed E-state index contributed by atoms with van der Waals surface area (Å²) < 4.78 is 0.985. The third kappa shape index (κ3) is 2.98. The fourth-order valence-corrected chi connectivity index (χ4v) is 2.60. The van der Waals surface area contributed by atoms with Gasteiger partial charge in [-0.3, -0.25) is 0 Å². The Kier molecular flexibility index (Phi) is 3.90. The first-order chi connectivity index (χ1) is 7.59. The molecule has 1 aliphatic rings. The van der Waals surface area contributed by atoms with Crippen LogP contribution in [0.5, 0.6) is 0 Å². The van der Waals surface area contributed by atoms with Gasteiger partial charge in [0.25, 0.3) is 0 Å². The monoisotopic (exact) mass is 303 g/mol. The standard InChI is InChI=1S/C12H15BrClNO/c13-10-3-2-9(11(14)6-10)7-15-8-12(16)4-1-5-12/h2-3,6,15-16H,1,4-5,7-8H2. The Morgan fingerprint density at radius 2 is 2.19 bits per heavy atom. The van der Waals surface area contributed by atoms with Gasteiger partial charge in [-0.25, -0.2) is 0 Å². The molecule has 0 atom stereocenters. The minimum atomic E-state index is -0.470. The largest absolute Gasteiger partial charge is 0.389 e. The zero-order chi connectivity index (χ0) is 11.6. The van der Waals surface area contributed by atoms with Crippen LogP contribution in [-0.2, 0) is 6.54 Å². The van der Waals surface area contributed by atoms with E-state index in [2.05, 4.69) is 21.2 Å². The minimum absolute atomic E-state index is 0.470. The number of benzene rings is 1. The van der Waals surface area contributed by atoms with Gasteiger partial charge in [0, 0.05) is 22.6 Å². The highest BCUT2D eigenvalue weighted by Crippen LogP contribution is 2.30. The zero-order valence-electron chi connectivity index (χ0n) is 8.97. The number of hydrogen-bond donors (Lipinski definition) is 2. The topological polar surface area (TPSA) is 32.3 Å². The molecule has 2 nitrogen and oxygen atoms in total. The van der Waals surface area contributed by atoms with E-state index < -0.39 is 5.60 Å². The van der Waals surface area contributed by atoms with E-state index in [-0.39, 0.29) is 0 Å². The molecule has 88 valence electrons. The molecule has 1 fully saturated rings. The first-order valence-corrected chi connectivity index (χ1v) is 6.63. The van der Waals surface area contributed by atoms with Gasteiger partial charge in [-0.1, -0.05) is 33.6 Å². The third-order valence-electron chi connectivity index (χ3n) is 3.07. The smallest absolute Gasteiger partial charge is 0.0771 e. The van der Waals surface area contributed by atoms with Crippen molar-refractivity contribution in [3.05, 3.63) is 33.3 Å². The second-order valence-electron chi connectivity index (χ2n) is 4.42. The van der Waals surface area contributed by atoms with Crippen LogP contribution in [-0.4, -0.2) is 17.3 Å². The molecule has 0 aliphatic heterocycles. The number of halogens is 2. The van der Waals surface area contributed by atoms with Crippen molar-refractivity contribution in [2.45, 2.75) is 31.4 Å². The van der Waals surface area contributed by atoms with Gasteiger partial charge < -0.3 is 10.4 Å². The van der Waals surface area contributed by atoms with Gasteiger partial charge in [-0.05, 0) is 37.0 Å². The molecule has 4 heteroatoms. The predicted octanol–water partition coefficient (Wildman–Crippen LogP) is 3.11. The summed E-state index contributed by atoms with van der Waals surface area (Å²) in [5.41, 5.74) is 0.592. The molecule has 1 aliphatic carbocycles. The van der Waals surface area contributed by atoms with Crippen molar-refractivity contribution in [2.75, 3.05) is 6.54 Å². The van der Waals surface area contributed by atoms with E-state index in [4.69, 9.17) is 11.6 Å². The summed E-state index contributed by atoms with van der Waals surface area (Å²) in [7, 11) is 0. The van der Waals surface area contributed by atoms with Gasteiger partial charge in [0.05, 0.1) is 5.60 Å². The van der Waals surface area contributed by atoms with Crippen LogP contribution in [0.15, 0.2) is 22.7 Å². The van der Waals surface area contributed by atoms with Gasteiger partial charge in [-0.15, -0.1) is 0 Å². The maximum atomic E-state index is 9.90. The molecule has 0 amide bonds. The quantitative estimate of drug-likeness (QED) is 0.896. The molecule has 2 N–H and O–H groups in total. The highest BCUT2D eigenvalue weighted by Gasteiger charge is 2.33. The van der Waals surface area contributed by atoms with Crippen LogP contribution in [0, 0.1) is 0 Å². The molecule has 16 heavy (non-hydrogen) atoms. The van der Waals surface area contributed by atoms with Gasteiger partial charge in [0.2, 0.25) is 0 Å². The van der Waals surface area contributed by atoms with Crippen LogP contribution in [0.3, 0.4) is 0 Å². The van der Waals surface area contributed by atoms with Crippen molar-refractivity contribution in [3.8, 4) is 0 Å². The molecule has 1 aromatic carbocycles. The summed E-state index contributed by atoms with van der Waals surface area (Å²) in [5.74, 6) is 0. The van der Waals surface area contributed by atoms with E-state index in [0.29, 0.717) is 13.1 Å². The molecule has 1 aromatic rings. The minimum Gasteiger partial charge on any atom is -0.389 e. The summed E-state index contributed by atoms with van der Waals surface area (Å²) in [5, 5.41) is 13.9. The van der Waals surface area contributed by atoms with Crippen LogP contribution in [0.1, 0.15) is 24.8 Å². The molecule has 2 rings (SSSR count). The maximum Gasteiger partial charge on any atom is 0.0771 e.